The van der Waals surface area contributed by atoms with Crippen molar-refractivity contribution in [3.63, 3.8) is 0 Å². The largest absolute Gasteiger partial charge is 0.490 e. The molecule has 0 aliphatic heterocycles. The smallest absolute Gasteiger partial charge is 0.317 e. The van der Waals surface area contributed by atoms with Gasteiger partial charge in [-0.25, -0.2) is 4.98 Å². The minimum atomic E-state index is -0.446. The van der Waals surface area contributed by atoms with E-state index in [1.165, 1.54) is 11.3 Å². The van der Waals surface area contributed by atoms with Crippen molar-refractivity contribution in [2.75, 3.05) is 6.61 Å². The topological polar surface area (TPSA) is 72.2 Å². The molecule has 1 aromatic carbocycles. The van der Waals surface area contributed by atoms with Crippen LogP contribution in [0.5, 0.6) is 11.5 Å². The summed E-state index contributed by atoms with van der Waals surface area (Å²) in [4.78, 5) is 16.8. The van der Waals surface area contributed by atoms with Crippen LogP contribution in [0.15, 0.2) is 38.8 Å². The van der Waals surface area contributed by atoms with Gasteiger partial charge in [0.2, 0.25) is 0 Å². The summed E-state index contributed by atoms with van der Waals surface area (Å²) >= 11 is 6.43. The SMILES string of the molecule is CCOc1cc(C#N)cc(Br)c1OC(=O)Cc1csc(-c2ccsc2)n1. The summed E-state index contributed by atoms with van der Waals surface area (Å²) in [5.41, 5.74) is 2.12. The molecule has 2 aromatic heterocycles. The second-order valence-corrected chi connectivity index (χ2v) is 7.63. The summed E-state index contributed by atoms with van der Waals surface area (Å²) in [6.07, 6.45) is 0.0542. The fourth-order valence-corrected chi connectivity index (χ4v) is 4.25. The average molecular weight is 449 g/mol. The van der Waals surface area contributed by atoms with Gasteiger partial charge in [0.05, 0.1) is 34.8 Å². The number of rotatable bonds is 6. The Morgan fingerprint density at radius 3 is 2.92 bits per heavy atom. The fourth-order valence-electron chi connectivity index (χ4n) is 2.20. The molecule has 0 radical (unpaired) electrons. The predicted octanol–water partition coefficient (Wildman–Crippen LogP) is 5.05. The first-order chi connectivity index (χ1) is 12.6. The molecular weight excluding hydrogens is 436 g/mol. The zero-order valence-electron chi connectivity index (χ0n) is 13.7. The minimum Gasteiger partial charge on any atom is -0.490 e. The standard InChI is InChI=1S/C18H13BrN2O3S2/c1-2-23-15-6-11(8-20)5-14(19)17(15)24-16(22)7-13-10-26-18(21-13)12-3-4-25-9-12/h3-6,9-10H,2,7H2,1H3. The summed E-state index contributed by atoms with van der Waals surface area (Å²) in [7, 11) is 0. The van der Waals surface area contributed by atoms with Crippen LogP contribution in [0.4, 0.5) is 0 Å². The third-order valence-corrected chi connectivity index (χ3v) is 5.51. The number of thiophene rings is 1. The first-order valence-corrected chi connectivity index (χ1v) is 10.3. The van der Waals surface area contributed by atoms with Gasteiger partial charge in [0.1, 0.15) is 5.01 Å². The van der Waals surface area contributed by atoms with Gasteiger partial charge in [-0.3, -0.25) is 4.79 Å². The van der Waals surface area contributed by atoms with Gasteiger partial charge in [-0.15, -0.1) is 11.3 Å². The maximum atomic E-state index is 12.3. The van der Waals surface area contributed by atoms with Gasteiger partial charge in [-0.05, 0) is 40.4 Å². The lowest BCUT2D eigenvalue weighted by Gasteiger charge is -2.12. The van der Waals surface area contributed by atoms with E-state index in [1.807, 2.05) is 35.2 Å². The Balaban J connectivity index is 1.75. The number of aromatic nitrogens is 1. The van der Waals surface area contributed by atoms with Crippen LogP contribution in [0.2, 0.25) is 0 Å². The molecule has 0 unspecified atom stereocenters. The number of carbonyl (C=O) groups excluding carboxylic acids is 1. The van der Waals surface area contributed by atoms with Gasteiger partial charge in [0.15, 0.2) is 11.5 Å². The van der Waals surface area contributed by atoms with E-state index in [0.717, 1.165) is 10.6 Å². The summed E-state index contributed by atoms with van der Waals surface area (Å²) in [6.45, 7) is 2.21. The lowest BCUT2D eigenvalue weighted by atomic mass is 10.2. The molecule has 2 heterocycles. The zero-order chi connectivity index (χ0) is 18.5. The number of carbonyl (C=O) groups is 1. The molecule has 0 amide bonds. The van der Waals surface area contributed by atoms with E-state index in [2.05, 4.69) is 20.9 Å². The molecule has 0 saturated heterocycles. The number of nitrogens with zero attached hydrogens (tertiary/aromatic N) is 2. The molecule has 0 spiro atoms. The molecule has 0 fully saturated rings. The van der Waals surface area contributed by atoms with E-state index in [-0.39, 0.29) is 12.2 Å². The maximum Gasteiger partial charge on any atom is 0.317 e. The number of esters is 1. The van der Waals surface area contributed by atoms with Crippen LogP contribution in [0.1, 0.15) is 18.2 Å². The highest BCUT2D eigenvalue weighted by molar-refractivity contribution is 9.10. The van der Waals surface area contributed by atoms with Gasteiger partial charge in [0.25, 0.3) is 0 Å². The predicted molar refractivity (Wildman–Crippen MR) is 105 cm³/mol. The highest BCUT2D eigenvalue weighted by Gasteiger charge is 2.17. The van der Waals surface area contributed by atoms with Crippen LogP contribution < -0.4 is 9.47 Å². The zero-order valence-corrected chi connectivity index (χ0v) is 16.9. The molecule has 0 atom stereocenters. The van der Waals surface area contributed by atoms with E-state index in [4.69, 9.17) is 14.7 Å². The summed E-state index contributed by atoms with van der Waals surface area (Å²) < 4.78 is 11.5. The van der Waals surface area contributed by atoms with Crippen LogP contribution in [0, 0.1) is 11.3 Å². The number of benzene rings is 1. The quantitative estimate of drug-likeness (QED) is 0.389. The Hall–Kier alpha value is -2.21. The highest BCUT2D eigenvalue weighted by Crippen LogP contribution is 2.37. The first-order valence-electron chi connectivity index (χ1n) is 7.64. The van der Waals surface area contributed by atoms with E-state index in [9.17, 15) is 4.79 Å². The maximum absolute atomic E-state index is 12.3. The minimum absolute atomic E-state index is 0.0542. The lowest BCUT2D eigenvalue weighted by molar-refractivity contribution is -0.133. The van der Waals surface area contributed by atoms with Crippen molar-refractivity contribution in [3.8, 4) is 28.1 Å². The Kier molecular flexibility index (Phi) is 6.04. The van der Waals surface area contributed by atoms with Crippen molar-refractivity contribution >= 4 is 44.6 Å². The molecule has 0 aliphatic carbocycles. The molecule has 3 rings (SSSR count). The van der Waals surface area contributed by atoms with Crippen LogP contribution in [-0.4, -0.2) is 17.6 Å². The van der Waals surface area contributed by atoms with E-state index in [1.54, 1.807) is 23.5 Å². The van der Waals surface area contributed by atoms with Crippen molar-refractivity contribution in [3.05, 3.63) is 50.1 Å². The van der Waals surface area contributed by atoms with Crippen LogP contribution in [0.25, 0.3) is 10.6 Å². The van der Waals surface area contributed by atoms with Crippen LogP contribution in [-0.2, 0) is 11.2 Å². The van der Waals surface area contributed by atoms with Gasteiger partial charge in [-0.1, -0.05) is 0 Å². The van der Waals surface area contributed by atoms with E-state index >= 15 is 0 Å². The number of hydrogen-bond acceptors (Lipinski definition) is 7. The number of ether oxygens (including phenoxy) is 2. The Labute approximate surface area is 167 Å². The van der Waals surface area contributed by atoms with Gasteiger partial charge in [-0.2, -0.15) is 16.6 Å². The number of nitriles is 1. The summed E-state index contributed by atoms with van der Waals surface area (Å²) in [6, 6.07) is 7.17. The monoisotopic (exact) mass is 448 g/mol. The third kappa shape index (κ3) is 4.30. The third-order valence-electron chi connectivity index (χ3n) is 3.30. The van der Waals surface area contributed by atoms with Gasteiger partial charge in [0, 0.05) is 22.4 Å². The van der Waals surface area contributed by atoms with Crippen molar-refractivity contribution in [2.45, 2.75) is 13.3 Å². The highest BCUT2D eigenvalue weighted by atomic mass is 79.9. The normalized spacial score (nSPS) is 10.3. The van der Waals surface area contributed by atoms with Gasteiger partial charge >= 0.3 is 5.97 Å². The second-order valence-electron chi connectivity index (χ2n) is 5.14. The first kappa shape index (κ1) is 18.6. The average Bonchev–Trinajstić information content (AvgIpc) is 3.29. The van der Waals surface area contributed by atoms with Crippen molar-refractivity contribution in [2.24, 2.45) is 0 Å². The molecule has 5 nitrogen and oxygen atoms in total. The van der Waals surface area contributed by atoms with Crippen LogP contribution in [0.3, 0.4) is 0 Å². The molecule has 8 heteroatoms. The Morgan fingerprint density at radius 1 is 1.38 bits per heavy atom. The Morgan fingerprint density at radius 2 is 2.23 bits per heavy atom. The van der Waals surface area contributed by atoms with Crippen molar-refractivity contribution < 1.29 is 14.3 Å². The molecule has 26 heavy (non-hydrogen) atoms. The van der Waals surface area contributed by atoms with Gasteiger partial charge < -0.3 is 9.47 Å². The molecule has 0 N–H and O–H groups in total. The molecule has 0 bridgehead atoms. The summed E-state index contributed by atoms with van der Waals surface area (Å²) in [5, 5.41) is 15.8. The number of thiazole rings is 1. The van der Waals surface area contributed by atoms with Crippen molar-refractivity contribution in [1.29, 1.82) is 5.26 Å². The Bertz CT molecular complexity index is 961. The van der Waals surface area contributed by atoms with Crippen LogP contribution >= 0.6 is 38.6 Å². The van der Waals surface area contributed by atoms with Crippen molar-refractivity contribution in [1.82, 2.24) is 4.98 Å². The van der Waals surface area contributed by atoms with E-state index < -0.39 is 5.97 Å². The molecular formula is C18H13BrN2O3S2. The molecule has 0 saturated carbocycles. The number of halogens is 1. The number of hydrogen-bond donors (Lipinski definition) is 0. The summed E-state index contributed by atoms with van der Waals surface area (Å²) in [5.74, 6) is 0.173. The lowest BCUT2D eigenvalue weighted by Crippen LogP contribution is -2.13. The molecule has 132 valence electrons. The molecule has 0 aliphatic rings. The van der Waals surface area contributed by atoms with E-state index in [0.29, 0.717) is 28.1 Å². The fraction of sp³-hybridized carbons (Fsp3) is 0.167. The molecule has 3 aromatic rings. The second kappa shape index (κ2) is 8.45.